The number of hydrogen-bond acceptors (Lipinski definition) is 5. The van der Waals surface area contributed by atoms with E-state index in [0.717, 1.165) is 32.5 Å². The van der Waals surface area contributed by atoms with Crippen LogP contribution in [0.5, 0.6) is 0 Å². The summed E-state index contributed by atoms with van der Waals surface area (Å²) in [5, 5.41) is 14.7. The summed E-state index contributed by atoms with van der Waals surface area (Å²) < 4.78 is 0. The van der Waals surface area contributed by atoms with Gasteiger partial charge in [-0.05, 0) is 19.4 Å². The van der Waals surface area contributed by atoms with E-state index in [0.29, 0.717) is 19.6 Å². The molecule has 3 N–H and O–H groups in total. The van der Waals surface area contributed by atoms with E-state index in [1.165, 1.54) is 0 Å². The highest BCUT2D eigenvalue weighted by Gasteiger charge is 2.24. The molecule has 0 aromatic carbocycles. The fraction of sp³-hybridized carbons (Fsp3) is 0.846. The van der Waals surface area contributed by atoms with Gasteiger partial charge in [0.1, 0.15) is 0 Å². The number of aliphatic hydroxyl groups is 1. The lowest BCUT2D eigenvalue weighted by molar-refractivity contribution is -0.134. The highest BCUT2D eigenvalue weighted by Crippen LogP contribution is 2.05. The third-order valence-electron chi connectivity index (χ3n) is 3.93. The molecule has 0 aromatic heterocycles. The van der Waals surface area contributed by atoms with Gasteiger partial charge in [0.2, 0.25) is 11.8 Å². The Labute approximate surface area is 119 Å². The van der Waals surface area contributed by atoms with E-state index in [-0.39, 0.29) is 31.0 Å². The Kier molecular flexibility index (Phi) is 5.75. The number of nitrogens with one attached hydrogen (secondary N) is 2. The van der Waals surface area contributed by atoms with E-state index in [2.05, 4.69) is 15.5 Å². The van der Waals surface area contributed by atoms with Crippen molar-refractivity contribution in [2.75, 3.05) is 52.4 Å². The maximum atomic E-state index is 12.0. The van der Waals surface area contributed by atoms with Crippen LogP contribution in [-0.2, 0) is 9.59 Å². The number of rotatable bonds is 5. The van der Waals surface area contributed by atoms with Crippen molar-refractivity contribution in [2.24, 2.45) is 0 Å². The molecular formula is C13H24N4O3. The molecule has 0 spiro atoms. The molecule has 2 aliphatic heterocycles. The van der Waals surface area contributed by atoms with Crippen molar-refractivity contribution in [1.29, 1.82) is 0 Å². The van der Waals surface area contributed by atoms with E-state index in [4.69, 9.17) is 5.11 Å². The van der Waals surface area contributed by atoms with Crippen LogP contribution in [0.25, 0.3) is 0 Å². The molecule has 114 valence electrons. The maximum absolute atomic E-state index is 12.0. The third kappa shape index (κ3) is 4.16. The number of carbonyl (C=O) groups is 2. The number of aliphatic hydroxyl groups excluding tert-OH is 1. The van der Waals surface area contributed by atoms with Crippen molar-refractivity contribution in [3.8, 4) is 0 Å². The van der Waals surface area contributed by atoms with Crippen LogP contribution < -0.4 is 10.6 Å². The van der Waals surface area contributed by atoms with Crippen molar-refractivity contribution >= 4 is 11.8 Å². The van der Waals surface area contributed by atoms with Gasteiger partial charge in [0.15, 0.2) is 0 Å². The van der Waals surface area contributed by atoms with Crippen molar-refractivity contribution in [3.05, 3.63) is 0 Å². The summed E-state index contributed by atoms with van der Waals surface area (Å²) in [6.45, 7) is 4.65. The van der Waals surface area contributed by atoms with Crippen molar-refractivity contribution in [2.45, 2.75) is 18.9 Å². The van der Waals surface area contributed by atoms with Gasteiger partial charge in [0, 0.05) is 32.7 Å². The molecule has 7 nitrogen and oxygen atoms in total. The van der Waals surface area contributed by atoms with Crippen LogP contribution in [0.4, 0.5) is 0 Å². The normalized spacial score (nSPS) is 23.9. The molecule has 2 heterocycles. The second kappa shape index (κ2) is 7.56. The first-order valence-corrected chi connectivity index (χ1v) is 7.33. The first-order chi connectivity index (χ1) is 9.70. The highest BCUT2D eigenvalue weighted by atomic mass is 16.3. The Morgan fingerprint density at radius 2 is 2.00 bits per heavy atom. The summed E-state index contributed by atoms with van der Waals surface area (Å²) >= 11 is 0. The van der Waals surface area contributed by atoms with Crippen molar-refractivity contribution in [1.82, 2.24) is 20.4 Å². The Morgan fingerprint density at radius 3 is 2.60 bits per heavy atom. The fourth-order valence-electron chi connectivity index (χ4n) is 2.67. The monoisotopic (exact) mass is 284 g/mol. The number of piperazine rings is 1. The molecular weight excluding hydrogens is 260 g/mol. The average molecular weight is 284 g/mol. The average Bonchev–Trinajstić information content (AvgIpc) is 3.00. The van der Waals surface area contributed by atoms with E-state index in [1.807, 2.05) is 0 Å². The van der Waals surface area contributed by atoms with Crippen LogP contribution in [0.15, 0.2) is 0 Å². The summed E-state index contributed by atoms with van der Waals surface area (Å²) in [5.41, 5.74) is 0. The number of carbonyl (C=O) groups excluding carboxylic acids is 2. The summed E-state index contributed by atoms with van der Waals surface area (Å²) in [6.07, 6.45) is 1.86. The number of hydrogen-bond donors (Lipinski definition) is 3. The molecule has 2 rings (SSSR count). The minimum atomic E-state index is -0.135. The summed E-state index contributed by atoms with van der Waals surface area (Å²) in [5.74, 6) is -0.102. The standard InChI is InChI=1S/C13H24N4O3/c18-9-8-16-4-6-17(7-5-16)12(19)10-15-13(20)11-2-1-3-14-11/h11,14,18H,1-10H2,(H,15,20). The molecule has 7 heteroatoms. The third-order valence-corrected chi connectivity index (χ3v) is 3.93. The summed E-state index contributed by atoms with van der Waals surface area (Å²) in [6, 6.07) is -0.135. The molecule has 20 heavy (non-hydrogen) atoms. The van der Waals surface area contributed by atoms with Crippen LogP contribution in [0, 0.1) is 0 Å². The van der Waals surface area contributed by atoms with Gasteiger partial charge in [-0.2, -0.15) is 0 Å². The maximum Gasteiger partial charge on any atom is 0.242 e. The minimum absolute atomic E-state index is 0.0278. The van der Waals surface area contributed by atoms with Crippen molar-refractivity contribution in [3.63, 3.8) is 0 Å². The number of β-amino-alcohol motifs (C(OH)–C–C–N with tert-alkyl or cyclic N) is 1. The Hall–Kier alpha value is -1.18. The molecule has 1 atom stereocenters. The molecule has 0 aliphatic carbocycles. The van der Waals surface area contributed by atoms with Gasteiger partial charge < -0.3 is 20.6 Å². The van der Waals surface area contributed by atoms with Crippen LogP contribution in [0.3, 0.4) is 0 Å². The van der Waals surface area contributed by atoms with E-state index < -0.39 is 0 Å². The quantitative estimate of drug-likeness (QED) is 0.543. The lowest BCUT2D eigenvalue weighted by atomic mass is 10.2. The van der Waals surface area contributed by atoms with Gasteiger partial charge in [-0.3, -0.25) is 14.5 Å². The number of amides is 2. The first kappa shape index (κ1) is 15.2. The first-order valence-electron chi connectivity index (χ1n) is 7.33. The summed E-state index contributed by atoms with van der Waals surface area (Å²) in [7, 11) is 0. The van der Waals surface area contributed by atoms with E-state index in [1.54, 1.807) is 4.90 Å². The SMILES string of the molecule is O=C(NCC(=O)N1CCN(CCO)CC1)C1CCCN1. The molecule has 2 fully saturated rings. The predicted octanol–water partition coefficient (Wildman–Crippen LogP) is -2.01. The zero-order valence-corrected chi connectivity index (χ0v) is 11.8. The molecule has 0 radical (unpaired) electrons. The van der Waals surface area contributed by atoms with Crippen LogP contribution in [-0.4, -0.2) is 85.2 Å². The Morgan fingerprint density at radius 1 is 1.25 bits per heavy atom. The molecule has 0 saturated carbocycles. The largest absolute Gasteiger partial charge is 0.395 e. The molecule has 1 unspecified atom stereocenters. The zero-order chi connectivity index (χ0) is 14.4. The second-order valence-corrected chi connectivity index (χ2v) is 5.31. The molecule has 2 amide bonds. The van der Waals surface area contributed by atoms with Gasteiger partial charge in [-0.15, -0.1) is 0 Å². The molecule has 2 aliphatic rings. The van der Waals surface area contributed by atoms with E-state index in [9.17, 15) is 9.59 Å². The highest BCUT2D eigenvalue weighted by molar-refractivity contribution is 5.87. The van der Waals surface area contributed by atoms with Crippen LogP contribution >= 0.6 is 0 Å². The minimum Gasteiger partial charge on any atom is -0.395 e. The van der Waals surface area contributed by atoms with Gasteiger partial charge in [0.05, 0.1) is 19.2 Å². The lowest BCUT2D eigenvalue weighted by Crippen LogP contribution is -2.52. The van der Waals surface area contributed by atoms with Gasteiger partial charge in [0.25, 0.3) is 0 Å². The van der Waals surface area contributed by atoms with Crippen LogP contribution in [0.2, 0.25) is 0 Å². The molecule has 0 bridgehead atoms. The predicted molar refractivity (Wildman–Crippen MR) is 74.1 cm³/mol. The molecule has 2 saturated heterocycles. The molecule has 0 aromatic rings. The fourth-order valence-corrected chi connectivity index (χ4v) is 2.67. The zero-order valence-electron chi connectivity index (χ0n) is 11.8. The van der Waals surface area contributed by atoms with Gasteiger partial charge >= 0.3 is 0 Å². The Bertz CT molecular complexity index is 337. The van der Waals surface area contributed by atoms with Crippen molar-refractivity contribution < 1.29 is 14.7 Å². The topological polar surface area (TPSA) is 84.9 Å². The van der Waals surface area contributed by atoms with Crippen LogP contribution in [0.1, 0.15) is 12.8 Å². The van der Waals surface area contributed by atoms with E-state index >= 15 is 0 Å². The smallest absolute Gasteiger partial charge is 0.242 e. The second-order valence-electron chi connectivity index (χ2n) is 5.31. The van der Waals surface area contributed by atoms with Gasteiger partial charge in [-0.25, -0.2) is 0 Å². The Balaban J connectivity index is 1.66. The summed E-state index contributed by atoms with van der Waals surface area (Å²) in [4.78, 5) is 27.7. The van der Waals surface area contributed by atoms with Gasteiger partial charge in [-0.1, -0.05) is 0 Å². The number of nitrogens with zero attached hydrogens (tertiary/aromatic N) is 2. The lowest BCUT2D eigenvalue weighted by Gasteiger charge is -2.34.